The van der Waals surface area contributed by atoms with E-state index < -0.39 is 0 Å². The summed E-state index contributed by atoms with van der Waals surface area (Å²) in [4.78, 5) is 14.5. The molecule has 0 spiro atoms. The van der Waals surface area contributed by atoms with Crippen LogP contribution in [-0.2, 0) is 36.9 Å². The molecule has 1 aromatic rings. The molecule has 28 heavy (non-hydrogen) atoms. The van der Waals surface area contributed by atoms with Gasteiger partial charge in [-0.15, -0.1) is 0 Å². The molecule has 3 aliphatic carbocycles. The van der Waals surface area contributed by atoms with Gasteiger partial charge in [0.25, 0.3) is 0 Å². The molecule has 2 fully saturated rings. The summed E-state index contributed by atoms with van der Waals surface area (Å²) in [6, 6.07) is 4.97. The molecule has 4 heteroatoms. The first-order chi connectivity index (χ1) is 13.5. The first-order valence-electron chi connectivity index (χ1n) is 11.1. The fourth-order valence-corrected chi connectivity index (χ4v) is 6.15. The van der Waals surface area contributed by atoms with Gasteiger partial charge in [0.1, 0.15) is 6.04 Å². The lowest BCUT2D eigenvalue weighted by Gasteiger charge is -2.23. The number of piperidine rings is 1. The highest BCUT2D eigenvalue weighted by atomic mass is 16.2. The molecule has 4 nitrogen and oxygen atoms in total. The van der Waals surface area contributed by atoms with Crippen LogP contribution < -0.4 is 5.32 Å². The number of hydrogen-bond donors (Lipinski definition) is 1. The van der Waals surface area contributed by atoms with Crippen molar-refractivity contribution in [2.45, 2.75) is 70.9 Å². The van der Waals surface area contributed by atoms with Crippen LogP contribution in [-0.4, -0.2) is 36.0 Å². The lowest BCUT2D eigenvalue weighted by Crippen LogP contribution is -2.43. The Morgan fingerprint density at radius 1 is 1.14 bits per heavy atom. The minimum Gasteiger partial charge on any atom is -0.322 e. The Bertz CT molecular complexity index is 818. The monoisotopic (exact) mass is 377 g/mol. The largest absolute Gasteiger partial charge is 0.322 e. The number of rotatable bonds is 5. The number of fused-ring (bicyclic) bond motifs is 3. The van der Waals surface area contributed by atoms with Crippen molar-refractivity contribution >= 4 is 5.91 Å². The van der Waals surface area contributed by atoms with E-state index in [1.165, 1.54) is 25.7 Å². The minimum absolute atomic E-state index is 0.113. The molecular formula is C24H31N3O. The summed E-state index contributed by atoms with van der Waals surface area (Å²) in [5, 5.41) is 12.7. The van der Waals surface area contributed by atoms with Crippen molar-refractivity contribution in [3.63, 3.8) is 0 Å². The van der Waals surface area contributed by atoms with Crippen LogP contribution in [0.5, 0.6) is 0 Å². The van der Waals surface area contributed by atoms with E-state index in [0.717, 1.165) is 37.6 Å². The molecule has 1 amide bonds. The maximum atomic E-state index is 12.6. The van der Waals surface area contributed by atoms with Crippen LogP contribution in [0.3, 0.4) is 0 Å². The number of carbonyl (C=O) groups excluding carboxylic acids is 1. The van der Waals surface area contributed by atoms with Gasteiger partial charge in [-0.05, 0) is 97.1 Å². The van der Waals surface area contributed by atoms with Crippen molar-refractivity contribution in [1.82, 2.24) is 10.2 Å². The Morgan fingerprint density at radius 2 is 1.82 bits per heavy atom. The SMILES string of the molecule is CC1Cc2cc3c(c(CCNCC(=O)N4[C@H](C#N)C[C@@H]5C[C@@H]54)c2C1)CC(C)C3. The number of carbonyl (C=O) groups is 1. The molecule has 1 aliphatic heterocycles. The Hall–Kier alpha value is -1.86. The van der Waals surface area contributed by atoms with Crippen LogP contribution >= 0.6 is 0 Å². The Balaban J connectivity index is 1.23. The quantitative estimate of drug-likeness (QED) is 0.803. The lowest BCUT2D eigenvalue weighted by atomic mass is 9.92. The zero-order valence-electron chi connectivity index (χ0n) is 17.1. The summed E-state index contributed by atoms with van der Waals surface area (Å²) in [7, 11) is 0. The van der Waals surface area contributed by atoms with Crippen molar-refractivity contribution in [3.05, 3.63) is 33.9 Å². The van der Waals surface area contributed by atoms with Gasteiger partial charge in [-0.25, -0.2) is 0 Å². The smallest absolute Gasteiger partial charge is 0.237 e. The maximum Gasteiger partial charge on any atom is 0.237 e. The molecule has 2 unspecified atom stereocenters. The number of hydrogen-bond acceptors (Lipinski definition) is 3. The van der Waals surface area contributed by atoms with Crippen molar-refractivity contribution in [2.24, 2.45) is 17.8 Å². The lowest BCUT2D eigenvalue weighted by molar-refractivity contribution is -0.131. The van der Waals surface area contributed by atoms with Gasteiger partial charge in [0.15, 0.2) is 0 Å². The number of likely N-dealkylation sites (tertiary alicyclic amines) is 1. The van der Waals surface area contributed by atoms with Crippen LogP contribution in [0, 0.1) is 29.1 Å². The zero-order chi connectivity index (χ0) is 19.4. The number of benzene rings is 1. The van der Waals surface area contributed by atoms with E-state index in [0.29, 0.717) is 18.5 Å². The highest BCUT2D eigenvalue weighted by molar-refractivity contribution is 5.80. The predicted octanol–water partition coefficient (Wildman–Crippen LogP) is 2.80. The van der Waals surface area contributed by atoms with E-state index in [1.807, 2.05) is 4.90 Å². The van der Waals surface area contributed by atoms with E-state index >= 15 is 0 Å². The van der Waals surface area contributed by atoms with Gasteiger partial charge in [0, 0.05) is 6.04 Å². The predicted molar refractivity (Wildman–Crippen MR) is 109 cm³/mol. The average molecular weight is 378 g/mol. The van der Waals surface area contributed by atoms with Gasteiger partial charge in [0.2, 0.25) is 5.91 Å². The third-order valence-electron chi connectivity index (χ3n) is 7.46. The molecule has 5 rings (SSSR count). The van der Waals surface area contributed by atoms with Crippen LogP contribution in [0.1, 0.15) is 54.5 Å². The zero-order valence-corrected chi connectivity index (χ0v) is 17.1. The molecule has 1 N–H and O–H groups in total. The molecule has 1 saturated carbocycles. The number of nitrogens with one attached hydrogen (secondary N) is 1. The molecule has 5 atom stereocenters. The van der Waals surface area contributed by atoms with E-state index in [-0.39, 0.29) is 11.9 Å². The van der Waals surface area contributed by atoms with Crippen molar-refractivity contribution in [1.29, 1.82) is 5.26 Å². The highest BCUT2D eigenvalue weighted by Crippen LogP contribution is 2.47. The van der Waals surface area contributed by atoms with Gasteiger partial charge in [-0.2, -0.15) is 5.26 Å². The molecule has 1 heterocycles. The first-order valence-corrected chi connectivity index (χ1v) is 11.1. The van der Waals surface area contributed by atoms with Crippen LogP contribution in [0.4, 0.5) is 0 Å². The Labute approximate surface area is 168 Å². The Kier molecular flexibility index (Phi) is 4.47. The minimum atomic E-state index is -0.193. The van der Waals surface area contributed by atoms with E-state index in [1.54, 1.807) is 27.8 Å². The third-order valence-corrected chi connectivity index (χ3v) is 7.46. The average Bonchev–Trinajstić information content (AvgIpc) is 2.98. The summed E-state index contributed by atoms with van der Waals surface area (Å²) in [6.07, 6.45) is 7.88. The van der Waals surface area contributed by atoms with E-state index in [2.05, 4.69) is 31.3 Å². The third kappa shape index (κ3) is 3.05. The summed E-state index contributed by atoms with van der Waals surface area (Å²) < 4.78 is 0. The van der Waals surface area contributed by atoms with Gasteiger partial charge in [0.05, 0.1) is 12.6 Å². The molecule has 1 aromatic carbocycles. The number of nitriles is 1. The van der Waals surface area contributed by atoms with E-state index in [4.69, 9.17) is 0 Å². The van der Waals surface area contributed by atoms with Gasteiger partial charge in [-0.3, -0.25) is 4.79 Å². The summed E-state index contributed by atoms with van der Waals surface area (Å²) in [6.45, 7) is 5.93. The molecule has 1 saturated heterocycles. The van der Waals surface area contributed by atoms with Gasteiger partial charge >= 0.3 is 0 Å². The fraction of sp³-hybridized carbons (Fsp3) is 0.667. The molecule has 0 aromatic heterocycles. The summed E-state index contributed by atoms with van der Waals surface area (Å²) in [5.74, 6) is 2.22. The highest BCUT2D eigenvalue weighted by Gasteiger charge is 2.53. The summed E-state index contributed by atoms with van der Waals surface area (Å²) >= 11 is 0. The molecule has 0 bridgehead atoms. The first kappa shape index (κ1) is 18.2. The second-order valence-corrected chi connectivity index (χ2v) is 9.83. The molecule has 148 valence electrons. The van der Waals surface area contributed by atoms with Crippen molar-refractivity contribution < 1.29 is 4.79 Å². The molecule has 0 radical (unpaired) electrons. The molecular weight excluding hydrogens is 346 g/mol. The normalized spacial score (nSPS) is 32.0. The number of amides is 1. The van der Waals surface area contributed by atoms with Gasteiger partial charge in [-0.1, -0.05) is 19.9 Å². The second-order valence-electron chi connectivity index (χ2n) is 9.83. The van der Waals surface area contributed by atoms with Gasteiger partial charge < -0.3 is 10.2 Å². The second kappa shape index (κ2) is 6.88. The Morgan fingerprint density at radius 3 is 2.46 bits per heavy atom. The van der Waals surface area contributed by atoms with Crippen LogP contribution in [0.2, 0.25) is 0 Å². The fourth-order valence-electron chi connectivity index (χ4n) is 6.15. The van der Waals surface area contributed by atoms with Crippen molar-refractivity contribution in [3.8, 4) is 6.07 Å². The van der Waals surface area contributed by atoms with Crippen molar-refractivity contribution in [2.75, 3.05) is 13.1 Å². The number of nitrogens with zero attached hydrogens (tertiary/aromatic N) is 2. The molecule has 4 aliphatic rings. The standard InChI is InChI=1S/C24H31N3O/c1-14-5-16-9-17-6-15(2)8-22(17)20(21(16)7-14)3-4-26-13-24(28)27-19(12-25)10-18-11-23(18)27/h9,14-15,18-19,23,26H,3-8,10-11,13H2,1-2H3/t14?,15?,18-,19+,23+/m1/s1. The topological polar surface area (TPSA) is 56.1 Å². The van der Waals surface area contributed by atoms with Crippen LogP contribution in [0.15, 0.2) is 6.07 Å². The maximum absolute atomic E-state index is 12.6. The van der Waals surface area contributed by atoms with Crippen LogP contribution in [0.25, 0.3) is 0 Å². The van der Waals surface area contributed by atoms with E-state index in [9.17, 15) is 10.1 Å². The summed E-state index contributed by atoms with van der Waals surface area (Å²) in [5.41, 5.74) is 7.97.